The molecule has 1 aromatic rings. The lowest BCUT2D eigenvalue weighted by Crippen LogP contribution is -2.49. The molecular weight excluding hydrogens is 385 g/mol. The first kappa shape index (κ1) is 18.4. The third-order valence-electron chi connectivity index (χ3n) is 6.84. The van der Waals surface area contributed by atoms with Gasteiger partial charge in [-0.3, -0.25) is 24.2 Å². The molecule has 4 aliphatic carbocycles. The Balaban J connectivity index is 1.47. The maximum absolute atomic E-state index is 13.3. The Kier molecular flexibility index (Phi) is 3.76. The van der Waals surface area contributed by atoms with Gasteiger partial charge in [-0.05, 0) is 54.7 Å². The highest BCUT2D eigenvalue weighted by molar-refractivity contribution is 6.07. The fourth-order valence-corrected chi connectivity index (χ4v) is 5.51. The van der Waals surface area contributed by atoms with Crippen molar-refractivity contribution >= 4 is 23.4 Å². The van der Waals surface area contributed by atoms with Gasteiger partial charge in [-0.2, -0.15) is 13.2 Å². The molecule has 0 aromatic heterocycles. The zero-order valence-electron chi connectivity index (χ0n) is 15.6. The second-order valence-electron chi connectivity index (χ2n) is 8.47. The number of benzene rings is 1. The van der Waals surface area contributed by atoms with E-state index < -0.39 is 42.4 Å². The van der Waals surface area contributed by atoms with Crippen molar-refractivity contribution in [2.24, 2.45) is 35.5 Å². The summed E-state index contributed by atoms with van der Waals surface area (Å²) >= 11 is 0. The van der Waals surface area contributed by atoms with E-state index in [1.165, 1.54) is 18.2 Å². The van der Waals surface area contributed by atoms with Gasteiger partial charge in [-0.15, -0.1) is 0 Å². The van der Waals surface area contributed by atoms with Crippen LogP contribution in [0.5, 0.6) is 0 Å². The topological polar surface area (TPSA) is 57.7 Å². The number of allylic oxidation sites excluding steroid dienone is 2. The number of hydrogen-bond acceptors (Lipinski definition) is 3. The van der Waals surface area contributed by atoms with Crippen molar-refractivity contribution in [1.29, 1.82) is 0 Å². The van der Waals surface area contributed by atoms with Gasteiger partial charge in [-0.1, -0.05) is 24.3 Å². The van der Waals surface area contributed by atoms with Gasteiger partial charge in [0.15, 0.2) is 0 Å². The fourth-order valence-electron chi connectivity index (χ4n) is 5.51. The number of imide groups is 1. The van der Waals surface area contributed by atoms with Crippen LogP contribution in [-0.4, -0.2) is 35.5 Å². The Morgan fingerprint density at radius 3 is 2.21 bits per heavy atom. The van der Waals surface area contributed by atoms with Crippen LogP contribution >= 0.6 is 0 Å². The normalized spacial score (nSPS) is 34.3. The van der Waals surface area contributed by atoms with Crippen molar-refractivity contribution in [2.45, 2.75) is 19.5 Å². The molecule has 1 saturated heterocycles. The van der Waals surface area contributed by atoms with Crippen LogP contribution in [0.25, 0.3) is 0 Å². The van der Waals surface area contributed by atoms with E-state index in [1.54, 1.807) is 13.0 Å². The van der Waals surface area contributed by atoms with E-state index in [9.17, 15) is 27.6 Å². The lowest BCUT2D eigenvalue weighted by molar-refractivity contribution is -0.171. The smallest absolute Gasteiger partial charge is 0.286 e. The summed E-state index contributed by atoms with van der Waals surface area (Å²) < 4.78 is 39.8. The number of nitrogens with zero attached hydrogens (tertiary/aromatic N) is 2. The number of likely N-dealkylation sites (tertiary alicyclic amines) is 1. The summed E-state index contributed by atoms with van der Waals surface area (Å²) in [6, 6.07) is 6.03. The molecule has 1 aliphatic heterocycles. The van der Waals surface area contributed by atoms with Crippen molar-refractivity contribution in [2.75, 3.05) is 11.6 Å². The summed E-state index contributed by atoms with van der Waals surface area (Å²) in [5.41, 5.74) is 0.671. The molecular formula is C21H19F3N2O3. The Morgan fingerprint density at radius 2 is 1.69 bits per heavy atom. The van der Waals surface area contributed by atoms with Crippen LogP contribution in [0.4, 0.5) is 18.9 Å². The van der Waals surface area contributed by atoms with Gasteiger partial charge in [0.25, 0.3) is 0 Å². The molecule has 2 bridgehead atoms. The van der Waals surface area contributed by atoms with Crippen LogP contribution in [0.2, 0.25) is 0 Å². The maximum Gasteiger partial charge on any atom is 0.471 e. The number of hydrogen-bond donors (Lipinski definition) is 0. The molecule has 0 N–H and O–H groups in total. The maximum atomic E-state index is 13.3. The number of carbonyl (C=O) groups is 3. The number of rotatable bonds is 3. The number of amides is 3. The van der Waals surface area contributed by atoms with Crippen LogP contribution in [0.15, 0.2) is 36.4 Å². The lowest BCUT2D eigenvalue weighted by Gasteiger charge is -2.37. The number of aryl methyl sites for hydroxylation is 1. The predicted octanol–water partition coefficient (Wildman–Crippen LogP) is 2.90. The molecule has 29 heavy (non-hydrogen) atoms. The van der Waals surface area contributed by atoms with Crippen molar-refractivity contribution in [3.8, 4) is 0 Å². The molecule has 1 heterocycles. The average molecular weight is 404 g/mol. The summed E-state index contributed by atoms with van der Waals surface area (Å²) in [6.07, 6.45) is -0.135. The van der Waals surface area contributed by atoms with Crippen molar-refractivity contribution in [1.82, 2.24) is 4.90 Å². The highest BCUT2D eigenvalue weighted by atomic mass is 19.4. The highest BCUT2D eigenvalue weighted by Crippen LogP contribution is 2.65. The minimum Gasteiger partial charge on any atom is -0.286 e. The summed E-state index contributed by atoms with van der Waals surface area (Å²) in [5, 5.41) is 0. The third-order valence-corrected chi connectivity index (χ3v) is 6.84. The number of carbonyl (C=O) groups excluding carboxylic acids is 3. The molecule has 6 atom stereocenters. The summed E-state index contributed by atoms with van der Waals surface area (Å²) in [4.78, 5) is 39.6. The van der Waals surface area contributed by atoms with E-state index in [2.05, 4.69) is 0 Å². The predicted molar refractivity (Wildman–Crippen MR) is 96.1 cm³/mol. The molecule has 3 fully saturated rings. The van der Waals surface area contributed by atoms with Gasteiger partial charge in [0.2, 0.25) is 11.8 Å². The van der Waals surface area contributed by atoms with E-state index in [0.717, 1.165) is 11.3 Å². The first-order valence-corrected chi connectivity index (χ1v) is 9.67. The Bertz CT molecular complexity index is 921. The molecule has 3 amide bonds. The number of alkyl halides is 3. The summed E-state index contributed by atoms with van der Waals surface area (Å²) in [7, 11) is 0. The van der Waals surface area contributed by atoms with Gasteiger partial charge in [0, 0.05) is 5.69 Å². The van der Waals surface area contributed by atoms with Crippen LogP contribution < -0.4 is 4.90 Å². The SMILES string of the molecule is Cc1cccc(N(CN2C(=O)[C@@H]3[C@H]4C=C[C@@H]([C@@H]5C[C@H]45)[C@H]3C2=O)C(=O)C(F)(F)F)c1. The van der Waals surface area contributed by atoms with Gasteiger partial charge in [-0.25, -0.2) is 0 Å². The second kappa shape index (κ2) is 5.93. The van der Waals surface area contributed by atoms with E-state index >= 15 is 0 Å². The number of halogens is 3. The highest BCUT2D eigenvalue weighted by Gasteiger charge is 2.67. The molecule has 1 aromatic carbocycles. The van der Waals surface area contributed by atoms with Crippen LogP contribution in [0, 0.1) is 42.4 Å². The van der Waals surface area contributed by atoms with Gasteiger partial charge >= 0.3 is 12.1 Å². The van der Waals surface area contributed by atoms with Crippen LogP contribution in [0.1, 0.15) is 12.0 Å². The zero-order valence-corrected chi connectivity index (χ0v) is 15.6. The Morgan fingerprint density at radius 1 is 1.10 bits per heavy atom. The molecule has 0 radical (unpaired) electrons. The first-order valence-electron chi connectivity index (χ1n) is 9.67. The molecule has 0 spiro atoms. The largest absolute Gasteiger partial charge is 0.471 e. The van der Waals surface area contributed by atoms with Crippen LogP contribution in [-0.2, 0) is 14.4 Å². The molecule has 8 heteroatoms. The molecule has 0 unspecified atom stereocenters. The van der Waals surface area contributed by atoms with Crippen molar-refractivity contribution in [3.63, 3.8) is 0 Å². The quantitative estimate of drug-likeness (QED) is 0.575. The molecule has 2 saturated carbocycles. The van der Waals surface area contributed by atoms with E-state index in [0.29, 0.717) is 22.3 Å². The summed E-state index contributed by atoms with van der Waals surface area (Å²) in [5.74, 6) is -3.30. The van der Waals surface area contributed by atoms with E-state index in [4.69, 9.17) is 0 Å². The van der Waals surface area contributed by atoms with Gasteiger partial charge in [0.05, 0.1) is 11.8 Å². The first-order chi connectivity index (χ1) is 13.7. The molecule has 152 valence electrons. The monoisotopic (exact) mass is 404 g/mol. The summed E-state index contributed by atoms with van der Waals surface area (Å²) in [6.45, 7) is 0.970. The van der Waals surface area contributed by atoms with E-state index in [1.807, 2.05) is 12.2 Å². The third kappa shape index (κ3) is 2.64. The second-order valence-corrected chi connectivity index (χ2v) is 8.47. The standard InChI is InChI=1S/C21H19F3N2O3/c1-10-3-2-4-11(7-10)25(20(29)21(22,23)24)9-26-18(27)16-12-5-6-13(15-8-14(12)15)17(16)19(26)28/h2-7,12-17H,8-9H2,1H3/t12-,13-,14-,15+,16+,17+/m0/s1. The zero-order chi connectivity index (χ0) is 20.7. The molecule has 6 rings (SSSR count). The minimum atomic E-state index is -5.12. The van der Waals surface area contributed by atoms with Crippen molar-refractivity contribution < 1.29 is 27.6 Å². The lowest BCUT2D eigenvalue weighted by atomic mass is 9.63. The molecule has 5 nitrogen and oxygen atoms in total. The Hall–Kier alpha value is -2.64. The average Bonchev–Trinajstić information content (AvgIpc) is 3.44. The molecule has 5 aliphatic rings. The van der Waals surface area contributed by atoms with Gasteiger partial charge < -0.3 is 0 Å². The van der Waals surface area contributed by atoms with Crippen molar-refractivity contribution in [3.05, 3.63) is 42.0 Å². The Labute approximate surface area is 165 Å². The van der Waals surface area contributed by atoms with Gasteiger partial charge in [0.1, 0.15) is 6.67 Å². The van der Waals surface area contributed by atoms with E-state index in [-0.39, 0.29) is 17.5 Å². The van der Waals surface area contributed by atoms with Crippen LogP contribution in [0.3, 0.4) is 0 Å². The number of anilines is 1. The minimum absolute atomic E-state index is 0.00624. The fraction of sp³-hybridized carbons (Fsp3) is 0.476.